The van der Waals surface area contributed by atoms with Crippen LogP contribution in [0, 0.1) is 0 Å². The number of nitrogens with one attached hydrogen (secondary N) is 2. The van der Waals surface area contributed by atoms with Crippen molar-refractivity contribution < 1.29 is 4.74 Å². The first-order valence-corrected chi connectivity index (χ1v) is 10.5. The highest BCUT2D eigenvalue weighted by Gasteiger charge is 2.33. The molecule has 1 atom stereocenters. The topological polar surface area (TPSA) is 67.7 Å². The van der Waals surface area contributed by atoms with E-state index in [1.807, 2.05) is 30.5 Å². The van der Waals surface area contributed by atoms with Crippen LogP contribution in [0.1, 0.15) is 51.6 Å². The van der Waals surface area contributed by atoms with Gasteiger partial charge in [-0.2, -0.15) is 0 Å². The molecule has 1 aromatic carbocycles. The molecule has 7 heteroatoms. The number of fused-ring (bicyclic) bond motifs is 1. The zero-order chi connectivity index (χ0) is 20.7. The van der Waals surface area contributed by atoms with Gasteiger partial charge in [-0.3, -0.25) is 9.79 Å². The van der Waals surface area contributed by atoms with Crippen molar-refractivity contribution in [2.45, 2.75) is 58.2 Å². The van der Waals surface area contributed by atoms with E-state index in [4.69, 9.17) is 9.73 Å². The summed E-state index contributed by atoms with van der Waals surface area (Å²) >= 11 is 0. The summed E-state index contributed by atoms with van der Waals surface area (Å²) in [5, 5.41) is 6.94. The number of aliphatic imine (C=N–C) groups is 1. The number of rotatable bonds is 7. The minimum atomic E-state index is -0.230. The molecule has 0 saturated carbocycles. The lowest BCUT2D eigenvalue weighted by Crippen LogP contribution is -2.45. The van der Waals surface area contributed by atoms with Crippen molar-refractivity contribution in [3.8, 4) is 5.75 Å². The molecule has 2 N–H and O–H groups in total. The van der Waals surface area contributed by atoms with Crippen LogP contribution in [-0.2, 0) is 6.54 Å². The van der Waals surface area contributed by atoms with Crippen molar-refractivity contribution >= 4 is 29.9 Å². The SMILES string of the molecule is CCNC(=NCCCCn1ccccc1=O)NC1CC(C)(C)Oc2ccccc21.I. The second kappa shape index (κ2) is 11.4. The van der Waals surface area contributed by atoms with E-state index < -0.39 is 0 Å². The third kappa shape index (κ3) is 6.75. The van der Waals surface area contributed by atoms with Gasteiger partial charge in [-0.05, 0) is 45.7 Å². The van der Waals surface area contributed by atoms with Gasteiger partial charge in [0, 0.05) is 43.9 Å². The summed E-state index contributed by atoms with van der Waals surface area (Å²) in [6, 6.07) is 13.6. The van der Waals surface area contributed by atoms with Crippen molar-refractivity contribution in [3.05, 3.63) is 64.6 Å². The van der Waals surface area contributed by atoms with E-state index in [9.17, 15) is 4.79 Å². The molecule has 1 aliphatic rings. The second-order valence-electron chi connectivity index (χ2n) is 8.00. The number of unbranched alkanes of at least 4 members (excludes halogenated alkanes) is 1. The van der Waals surface area contributed by atoms with E-state index in [2.05, 4.69) is 37.5 Å². The summed E-state index contributed by atoms with van der Waals surface area (Å²) in [5.41, 5.74) is 0.986. The zero-order valence-corrected chi connectivity index (χ0v) is 20.4. The molecule has 164 valence electrons. The number of benzene rings is 1. The van der Waals surface area contributed by atoms with Crippen molar-refractivity contribution in [1.82, 2.24) is 15.2 Å². The maximum atomic E-state index is 11.8. The highest BCUT2D eigenvalue weighted by molar-refractivity contribution is 14.0. The van der Waals surface area contributed by atoms with Crippen LogP contribution in [0.15, 0.2) is 58.4 Å². The fraction of sp³-hybridized carbons (Fsp3) is 0.478. The molecule has 1 unspecified atom stereocenters. The molecule has 0 radical (unpaired) electrons. The molecule has 3 rings (SSSR count). The second-order valence-corrected chi connectivity index (χ2v) is 8.00. The Hall–Kier alpha value is -2.03. The Bertz CT molecular complexity index is 895. The summed E-state index contributed by atoms with van der Waals surface area (Å²) in [7, 11) is 0. The van der Waals surface area contributed by atoms with Gasteiger partial charge >= 0.3 is 0 Å². The summed E-state index contributed by atoms with van der Waals surface area (Å²) in [4.78, 5) is 16.5. The average Bonchev–Trinajstić information content (AvgIpc) is 2.68. The maximum absolute atomic E-state index is 11.8. The molecular weight excluding hydrogens is 491 g/mol. The summed E-state index contributed by atoms with van der Waals surface area (Å²) in [6.07, 6.45) is 4.54. The molecule has 0 fully saturated rings. The lowest BCUT2D eigenvalue weighted by Gasteiger charge is -2.38. The monoisotopic (exact) mass is 524 g/mol. The van der Waals surface area contributed by atoms with E-state index in [0.717, 1.165) is 44.1 Å². The van der Waals surface area contributed by atoms with Crippen molar-refractivity contribution in [3.63, 3.8) is 0 Å². The molecule has 6 nitrogen and oxygen atoms in total. The van der Waals surface area contributed by atoms with Gasteiger partial charge in [0.15, 0.2) is 5.96 Å². The Morgan fingerprint density at radius 1 is 1.20 bits per heavy atom. The van der Waals surface area contributed by atoms with Crippen LogP contribution in [0.3, 0.4) is 0 Å². The number of nitrogens with zero attached hydrogens (tertiary/aromatic N) is 2. The number of hydrogen-bond donors (Lipinski definition) is 2. The van der Waals surface area contributed by atoms with E-state index >= 15 is 0 Å². The number of hydrogen-bond acceptors (Lipinski definition) is 3. The highest BCUT2D eigenvalue weighted by atomic mass is 127. The molecule has 0 spiro atoms. The first-order chi connectivity index (χ1) is 14.0. The van der Waals surface area contributed by atoms with E-state index in [1.165, 1.54) is 5.56 Å². The van der Waals surface area contributed by atoms with Crippen molar-refractivity contribution in [2.75, 3.05) is 13.1 Å². The Morgan fingerprint density at radius 2 is 1.97 bits per heavy atom. The van der Waals surface area contributed by atoms with E-state index in [1.54, 1.807) is 16.7 Å². The average molecular weight is 524 g/mol. The number of ether oxygens (including phenoxy) is 1. The van der Waals surface area contributed by atoms with Crippen LogP contribution < -0.4 is 20.9 Å². The predicted octanol–water partition coefficient (Wildman–Crippen LogP) is 4.10. The minimum Gasteiger partial charge on any atom is -0.487 e. The standard InChI is InChI=1S/C23H32N4O2.HI/c1-4-24-22(25-14-8-10-16-27-15-9-7-13-21(27)28)26-19-17-23(2,3)29-20-12-6-5-11-18(19)20;/h5-7,9,11-13,15,19H,4,8,10,14,16-17H2,1-3H3,(H2,24,25,26);1H. The number of halogens is 1. The van der Waals surface area contributed by atoms with Gasteiger partial charge in [0.25, 0.3) is 0 Å². The lowest BCUT2D eigenvalue weighted by molar-refractivity contribution is 0.0694. The third-order valence-electron chi connectivity index (χ3n) is 5.01. The fourth-order valence-corrected chi connectivity index (χ4v) is 3.65. The summed E-state index contributed by atoms with van der Waals surface area (Å²) in [6.45, 7) is 8.55. The largest absolute Gasteiger partial charge is 0.487 e. The van der Waals surface area contributed by atoms with Crippen LogP contribution >= 0.6 is 24.0 Å². The first-order valence-electron chi connectivity index (χ1n) is 10.5. The number of guanidine groups is 1. The molecule has 2 heterocycles. The Morgan fingerprint density at radius 3 is 2.73 bits per heavy atom. The van der Waals surface area contributed by atoms with E-state index in [-0.39, 0.29) is 41.2 Å². The molecule has 1 aromatic heterocycles. The van der Waals surface area contributed by atoms with Crippen LogP contribution in [-0.4, -0.2) is 29.2 Å². The van der Waals surface area contributed by atoms with Gasteiger partial charge in [-0.1, -0.05) is 24.3 Å². The van der Waals surface area contributed by atoms with Crippen LogP contribution in [0.2, 0.25) is 0 Å². The van der Waals surface area contributed by atoms with Crippen LogP contribution in [0.25, 0.3) is 0 Å². The van der Waals surface area contributed by atoms with Gasteiger partial charge in [-0.15, -0.1) is 24.0 Å². The van der Waals surface area contributed by atoms with Crippen molar-refractivity contribution in [1.29, 1.82) is 0 Å². The zero-order valence-electron chi connectivity index (χ0n) is 18.1. The molecule has 0 aliphatic carbocycles. The molecule has 0 amide bonds. The minimum absolute atomic E-state index is 0. The predicted molar refractivity (Wildman–Crippen MR) is 133 cm³/mol. The molecule has 0 saturated heterocycles. The van der Waals surface area contributed by atoms with Crippen LogP contribution in [0.4, 0.5) is 0 Å². The first kappa shape index (κ1) is 24.2. The van der Waals surface area contributed by atoms with Gasteiger partial charge in [-0.25, -0.2) is 0 Å². The molecular formula is C23H33IN4O2. The quantitative estimate of drug-likeness (QED) is 0.248. The molecule has 30 heavy (non-hydrogen) atoms. The Labute approximate surface area is 196 Å². The third-order valence-corrected chi connectivity index (χ3v) is 5.01. The van der Waals surface area contributed by atoms with Crippen LogP contribution in [0.5, 0.6) is 5.75 Å². The van der Waals surface area contributed by atoms with Gasteiger partial charge in [0.05, 0.1) is 6.04 Å². The maximum Gasteiger partial charge on any atom is 0.250 e. The smallest absolute Gasteiger partial charge is 0.250 e. The summed E-state index contributed by atoms with van der Waals surface area (Å²) in [5.74, 6) is 1.76. The van der Waals surface area contributed by atoms with Gasteiger partial charge < -0.3 is 19.9 Å². The highest BCUT2D eigenvalue weighted by Crippen LogP contribution is 2.39. The normalized spacial score (nSPS) is 17.3. The number of pyridine rings is 1. The Balaban J connectivity index is 0.00000320. The number of aryl methyl sites for hydroxylation is 1. The number of aromatic nitrogens is 1. The number of para-hydroxylation sites is 1. The molecule has 1 aliphatic heterocycles. The van der Waals surface area contributed by atoms with Gasteiger partial charge in [0.1, 0.15) is 11.4 Å². The molecule has 0 bridgehead atoms. The fourth-order valence-electron chi connectivity index (χ4n) is 3.65. The Kier molecular flexibility index (Phi) is 9.20. The summed E-state index contributed by atoms with van der Waals surface area (Å²) < 4.78 is 7.87. The lowest BCUT2D eigenvalue weighted by atomic mass is 9.90. The van der Waals surface area contributed by atoms with E-state index in [0.29, 0.717) is 6.54 Å². The van der Waals surface area contributed by atoms with Gasteiger partial charge in [0.2, 0.25) is 5.56 Å². The van der Waals surface area contributed by atoms with Crippen molar-refractivity contribution in [2.24, 2.45) is 4.99 Å². The molecule has 2 aromatic rings.